The third kappa shape index (κ3) is 3.35. The van der Waals surface area contributed by atoms with Gasteiger partial charge in [-0.05, 0) is 44.4 Å². The summed E-state index contributed by atoms with van der Waals surface area (Å²) >= 11 is 17.7. The van der Waals surface area contributed by atoms with Gasteiger partial charge in [0.2, 0.25) is 5.95 Å². The lowest BCUT2D eigenvalue weighted by Gasteiger charge is -2.27. The number of fused-ring (bicyclic) bond motifs is 1. The topological polar surface area (TPSA) is 66.8 Å². The van der Waals surface area contributed by atoms with Crippen molar-refractivity contribution in [1.82, 2.24) is 19.5 Å². The van der Waals surface area contributed by atoms with Gasteiger partial charge in [-0.3, -0.25) is 14.3 Å². The second kappa shape index (κ2) is 7.22. The minimum absolute atomic E-state index is 0.285. The van der Waals surface area contributed by atoms with Crippen LogP contribution >= 0.6 is 35.4 Å². The van der Waals surface area contributed by atoms with Crippen molar-refractivity contribution in [3.05, 3.63) is 49.1 Å². The molecular weight excluding hydrogens is 405 g/mol. The van der Waals surface area contributed by atoms with Gasteiger partial charge in [0.05, 0.1) is 10.0 Å². The minimum atomic E-state index is -0.285. The summed E-state index contributed by atoms with van der Waals surface area (Å²) in [7, 11) is 0. The lowest BCUT2D eigenvalue weighted by atomic mass is 10.1. The van der Waals surface area contributed by atoms with Crippen molar-refractivity contribution in [2.75, 3.05) is 18.0 Å². The van der Waals surface area contributed by atoms with E-state index < -0.39 is 0 Å². The fourth-order valence-corrected chi connectivity index (χ4v) is 4.08. The molecule has 0 radical (unpaired) electrons. The zero-order valence-electron chi connectivity index (χ0n) is 14.6. The first kappa shape index (κ1) is 18.4. The molecule has 0 saturated carbocycles. The minimum Gasteiger partial charge on any atom is -0.342 e. The summed E-state index contributed by atoms with van der Waals surface area (Å²) < 4.78 is 2.05. The Morgan fingerprint density at radius 3 is 2.56 bits per heavy atom. The molecule has 3 heterocycles. The monoisotopic (exact) mass is 421 g/mol. The maximum absolute atomic E-state index is 12.8. The average molecular weight is 422 g/mol. The van der Waals surface area contributed by atoms with E-state index in [-0.39, 0.29) is 5.56 Å². The maximum Gasteiger partial charge on any atom is 0.264 e. The Morgan fingerprint density at radius 2 is 1.85 bits per heavy atom. The van der Waals surface area contributed by atoms with Gasteiger partial charge in [-0.2, -0.15) is 4.98 Å². The van der Waals surface area contributed by atoms with Crippen LogP contribution in [0.25, 0.3) is 16.7 Å². The summed E-state index contributed by atoms with van der Waals surface area (Å²) in [6, 6.07) is 5.17. The van der Waals surface area contributed by atoms with Gasteiger partial charge in [0.15, 0.2) is 5.65 Å². The number of H-pyrrole nitrogens is 1. The number of hydrogen-bond donors (Lipinski definition) is 1. The second-order valence-corrected chi connectivity index (χ2v) is 7.73. The standard InChI is InChI=1S/C18H17Cl2N5OS/c1-10-21-15-14(16(26)23-18(22-15)24-7-3-2-4-8-24)17(27)25(10)11-5-6-12(19)13(20)9-11/h5-6,9H,2-4,7-8H2,1H3,(H,22,23,26). The zero-order chi connectivity index (χ0) is 19.1. The zero-order valence-corrected chi connectivity index (χ0v) is 17.0. The van der Waals surface area contributed by atoms with Crippen LogP contribution in [0.1, 0.15) is 25.1 Å². The van der Waals surface area contributed by atoms with Crippen molar-refractivity contribution in [3.8, 4) is 5.69 Å². The molecule has 6 nitrogen and oxygen atoms in total. The SMILES string of the molecule is Cc1nc2nc(N3CCCCC3)[nH]c(=O)c2c(=S)n1-c1ccc(Cl)c(Cl)c1. The average Bonchev–Trinajstić information content (AvgIpc) is 2.64. The highest BCUT2D eigenvalue weighted by atomic mass is 35.5. The van der Waals surface area contributed by atoms with Crippen LogP contribution < -0.4 is 10.5 Å². The Balaban J connectivity index is 1.91. The van der Waals surface area contributed by atoms with E-state index in [0.717, 1.165) is 25.9 Å². The molecule has 2 aromatic heterocycles. The van der Waals surface area contributed by atoms with E-state index in [1.54, 1.807) is 22.8 Å². The number of piperidine rings is 1. The van der Waals surface area contributed by atoms with Gasteiger partial charge in [0.25, 0.3) is 5.56 Å². The smallest absolute Gasteiger partial charge is 0.264 e. The van der Waals surface area contributed by atoms with Crippen molar-refractivity contribution < 1.29 is 0 Å². The molecule has 9 heteroatoms. The summed E-state index contributed by atoms with van der Waals surface area (Å²) in [6.45, 7) is 3.58. The first-order chi connectivity index (χ1) is 13.0. The second-order valence-electron chi connectivity index (χ2n) is 6.53. The molecule has 1 saturated heterocycles. The van der Waals surface area contributed by atoms with Crippen LogP contribution in [0.5, 0.6) is 0 Å². The number of hydrogen-bond acceptors (Lipinski definition) is 5. The molecule has 0 bridgehead atoms. The summed E-state index contributed by atoms with van der Waals surface area (Å²) in [4.78, 5) is 26.9. The molecule has 0 atom stereocenters. The van der Waals surface area contributed by atoms with Gasteiger partial charge in [0.1, 0.15) is 15.9 Å². The number of nitrogens with zero attached hydrogens (tertiary/aromatic N) is 4. The van der Waals surface area contributed by atoms with Gasteiger partial charge < -0.3 is 4.90 Å². The largest absolute Gasteiger partial charge is 0.342 e. The highest BCUT2D eigenvalue weighted by Crippen LogP contribution is 2.26. The number of nitrogens with one attached hydrogen (secondary N) is 1. The van der Waals surface area contributed by atoms with Crippen molar-refractivity contribution in [3.63, 3.8) is 0 Å². The molecule has 1 fully saturated rings. The number of aryl methyl sites for hydroxylation is 1. The normalized spacial score (nSPS) is 14.7. The summed E-state index contributed by atoms with van der Waals surface area (Å²) in [6.07, 6.45) is 3.38. The van der Waals surface area contributed by atoms with E-state index in [1.807, 2.05) is 6.92 Å². The maximum atomic E-state index is 12.8. The van der Waals surface area contributed by atoms with E-state index in [9.17, 15) is 4.79 Å². The first-order valence-electron chi connectivity index (χ1n) is 8.70. The number of anilines is 1. The lowest BCUT2D eigenvalue weighted by Crippen LogP contribution is -2.32. The van der Waals surface area contributed by atoms with E-state index in [0.29, 0.717) is 43.2 Å². The van der Waals surface area contributed by atoms with Gasteiger partial charge in [-0.25, -0.2) is 4.98 Å². The van der Waals surface area contributed by atoms with Crippen molar-refractivity contribution in [2.24, 2.45) is 0 Å². The molecule has 0 unspecified atom stereocenters. The van der Waals surface area contributed by atoms with Gasteiger partial charge in [0, 0.05) is 18.8 Å². The summed E-state index contributed by atoms with van der Waals surface area (Å²) in [5.74, 6) is 1.18. The van der Waals surface area contributed by atoms with E-state index in [4.69, 9.17) is 35.4 Å². The van der Waals surface area contributed by atoms with Crippen LogP contribution in [0.4, 0.5) is 5.95 Å². The molecule has 0 aliphatic carbocycles. The third-order valence-electron chi connectivity index (χ3n) is 4.71. The number of aromatic nitrogens is 4. The molecule has 0 amide bonds. The van der Waals surface area contributed by atoms with Crippen molar-refractivity contribution in [1.29, 1.82) is 0 Å². The Hall–Kier alpha value is -1.96. The van der Waals surface area contributed by atoms with Gasteiger partial charge in [-0.1, -0.05) is 35.4 Å². The Kier molecular flexibility index (Phi) is 4.92. The molecule has 3 aromatic rings. The Labute approximate surface area is 170 Å². The molecule has 1 aromatic carbocycles. The number of halogens is 2. The molecule has 1 N–H and O–H groups in total. The van der Waals surface area contributed by atoms with Crippen molar-refractivity contribution in [2.45, 2.75) is 26.2 Å². The molecule has 4 rings (SSSR count). The predicted molar refractivity (Wildman–Crippen MR) is 111 cm³/mol. The van der Waals surface area contributed by atoms with Gasteiger partial charge >= 0.3 is 0 Å². The quantitative estimate of drug-likeness (QED) is 0.619. The fraction of sp³-hybridized carbons (Fsp3) is 0.333. The first-order valence-corrected chi connectivity index (χ1v) is 9.86. The predicted octanol–water partition coefficient (Wildman–Crippen LogP) is 4.44. The number of aromatic amines is 1. The Morgan fingerprint density at radius 1 is 1.11 bits per heavy atom. The van der Waals surface area contributed by atoms with E-state index in [1.165, 1.54) is 6.42 Å². The summed E-state index contributed by atoms with van der Waals surface area (Å²) in [5.41, 5.74) is 0.769. The summed E-state index contributed by atoms with van der Waals surface area (Å²) in [5, 5.41) is 1.15. The van der Waals surface area contributed by atoms with Crippen LogP contribution in [-0.4, -0.2) is 32.6 Å². The third-order valence-corrected chi connectivity index (χ3v) is 5.84. The van der Waals surface area contributed by atoms with E-state index in [2.05, 4.69) is 19.9 Å². The molecule has 0 spiro atoms. The number of benzene rings is 1. The molecule has 1 aliphatic heterocycles. The highest BCUT2D eigenvalue weighted by Gasteiger charge is 2.18. The van der Waals surface area contributed by atoms with E-state index >= 15 is 0 Å². The van der Waals surface area contributed by atoms with Crippen LogP contribution in [0, 0.1) is 11.6 Å². The molecule has 140 valence electrons. The van der Waals surface area contributed by atoms with Crippen LogP contribution in [0.3, 0.4) is 0 Å². The van der Waals surface area contributed by atoms with Crippen LogP contribution in [-0.2, 0) is 0 Å². The fourth-order valence-electron chi connectivity index (χ4n) is 3.37. The number of rotatable bonds is 2. The molecule has 1 aliphatic rings. The molecule has 27 heavy (non-hydrogen) atoms. The Bertz CT molecular complexity index is 1150. The van der Waals surface area contributed by atoms with Crippen molar-refractivity contribution >= 4 is 52.4 Å². The van der Waals surface area contributed by atoms with Crippen LogP contribution in [0.2, 0.25) is 10.0 Å². The van der Waals surface area contributed by atoms with Gasteiger partial charge in [-0.15, -0.1) is 0 Å². The highest BCUT2D eigenvalue weighted by molar-refractivity contribution is 7.71. The van der Waals surface area contributed by atoms with Crippen LogP contribution in [0.15, 0.2) is 23.0 Å². The lowest BCUT2D eigenvalue weighted by molar-refractivity contribution is 0.568. The molecular formula is C18H17Cl2N5OS.